The van der Waals surface area contributed by atoms with Gasteiger partial charge < -0.3 is 10.5 Å². The number of nitrogens with zero attached hydrogens (tertiary/aromatic N) is 2. The van der Waals surface area contributed by atoms with Crippen molar-refractivity contribution in [2.24, 2.45) is 0 Å². The minimum atomic E-state index is -0.605. The van der Waals surface area contributed by atoms with Gasteiger partial charge in [-0.05, 0) is 26.8 Å². The Bertz CT molecular complexity index is 455. The number of hydrogen-bond acceptors (Lipinski definition) is 5. The first kappa shape index (κ1) is 12.0. The molecule has 0 aliphatic heterocycles. The summed E-state index contributed by atoms with van der Waals surface area (Å²) in [6.45, 7) is 5.26. The van der Waals surface area contributed by atoms with Crippen molar-refractivity contribution in [2.45, 2.75) is 26.4 Å². The first-order valence-corrected chi connectivity index (χ1v) is 4.72. The standard InChI is InChI=1S/C11H13N3O2/c1-11(2,3)16-10(15)8-4-7(5-12)6-14-9(8)13/h4,6H,1-3H3,(H2,13,14). The number of nitrogen functional groups attached to an aromatic ring is 1. The lowest BCUT2D eigenvalue weighted by Crippen LogP contribution is -2.24. The van der Waals surface area contributed by atoms with Crippen LogP contribution in [0.1, 0.15) is 36.7 Å². The molecule has 1 aromatic rings. The predicted octanol–water partition coefficient (Wildman–Crippen LogP) is 1.49. The zero-order valence-corrected chi connectivity index (χ0v) is 9.44. The lowest BCUT2D eigenvalue weighted by Gasteiger charge is -2.19. The summed E-state index contributed by atoms with van der Waals surface area (Å²) in [4.78, 5) is 15.5. The Morgan fingerprint density at radius 1 is 1.56 bits per heavy atom. The van der Waals surface area contributed by atoms with Crippen molar-refractivity contribution in [1.29, 1.82) is 5.26 Å². The first-order valence-electron chi connectivity index (χ1n) is 4.72. The molecule has 1 heterocycles. The summed E-state index contributed by atoms with van der Waals surface area (Å²) < 4.78 is 5.14. The van der Waals surface area contributed by atoms with Crippen molar-refractivity contribution in [1.82, 2.24) is 4.98 Å². The number of ether oxygens (including phenoxy) is 1. The van der Waals surface area contributed by atoms with Crippen LogP contribution in [0.5, 0.6) is 0 Å². The molecule has 5 heteroatoms. The van der Waals surface area contributed by atoms with E-state index in [2.05, 4.69) is 4.98 Å². The van der Waals surface area contributed by atoms with E-state index in [0.29, 0.717) is 0 Å². The molecule has 0 bridgehead atoms. The molecule has 16 heavy (non-hydrogen) atoms. The van der Waals surface area contributed by atoms with Crippen LogP contribution in [0.2, 0.25) is 0 Å². The third kappa shape index (κ3) is 2.95. The molecule has 0 radical (unpaired) electrons. The monoisotopic (exact) mass is 219 g/mol. The van der Waals surface area contributed by atoms with Crippen molar-refractivity contribution in [3.63, 3.8) is 0 Å². The summed E-state index contributed by atoms with van der Waals surface area (Å²) in [5, 5.41) is 8.68. The molecule has 0 unspecified atom stereocenters. The van der Waals surface area contributed by atoms with Gasteiger partial charge >= 0.3 is 5.97 Å². The van der Waals surface area contributed by atoms with Crippen LogP contribution in [-0.4, -0.2) is 16.6 Å². The molecule has 2 N–H and O–H groups in total. The quantitative estimate of drug-likeness (QED) is 0.723. The molecule has 5 nitrogen and oxygen atoms in total. The predicted molar refractivity (Wildman–Crippen MR) is 58.5 cm³/mol. The van der Waals surface area contributed by atoms with E-state index in [1.165, 1.54) is 12.3 Å². The van der Waals surface area contributed by atoms with Crippen LogP contribution < -0.4 is 5.73 Å². The molecule has 0 saturated carbocycles. The van der Waals surface area contributed by atoms with Crippen LogP contribution in [-0.2, 0) is 4.74 Å². The first-order chi connectivity index (χ1) is 7.33. The molecule has 0 amide bonds. The van der Waals surface area contributed by atoms with Gasteiger partial charge in [0.2, 0.25) is 0 Å². The normalized spacial score (nSPS) is 10.6. The molecule has 0 fully saturated rings. The summed E-state index contributed by atoms with van der Waals surface area (Å²) in [6, 6.07) is 3.26. The maximum Gasteiger partial charge on any atom is 0.342 e. The van der Waals surface area contributed by atoms with Crippen LogP contribution in [0, 0.1) is 11.3 Å². The Morgan fingerprint density at radius 3 is 2.69 bits per heavy atom. The van der Waals surface area contributed by atoms with E-state index in [-0.39, 0.29) is 16.9 Å². The summed E-state index contributed by atoms with van der Waals surface area (Å²) in [5.74, 6) is -0.511. The third-order valence-corrected chi connectivity index (χ3v) is 1.67. The number of anilines is 1. The Hall–Kier alpha value is -2.09. The minimum Gasteiger partial charge on any atom is -0.456 e. The fourth-order valence-electron chi connectivity index (χ4n) is 1.03. The topological polar surface area (TPSA) is 89.0 Å². The number of rotatable bonds is 1. The maximum absolute atomic E-state index is 11.7. The second kappa shape index (κ2) is 4.19. The van der Waals surface area contributed by atoms with E-state index in [1.807, 2.05) is 6.07 Å². The molecular weight excluding hydrogens is 206 g/mol. The van der Waals surface area contributed by atoms with Gasteiger partial charge in [-0.2, -0.15) is 5.26 Å². The average molecular weight is 219 g/mol. The lowest BCUT2D eigenvalue weighted by atomic mass is 10.1. The number of nitrogens with two attached hydrogens (primary N) is 1. The number of carbonyl (C=O) groups excluding carboxylic acids is 1. The van der Waals surface area contributed by atoms with Crippen LogP contribution in [0.15, 0.2) is 12.3 Å². The Balaban J connectivity index is 3.04. The van der Waals surface area contributed by atoms with Crippen LogP contribution in [0.3, 0.4) is 0 Å². The average Bonchev–Trinajstić information content (AvgIpc) is 2.15. The van der Waals surface area contributed by atoms with Crippen molar-refractivity contribution in [3.8, 4) is 6.07 Å². The summed E-state index contributed by atoms with van der Waals surface area (Å²) >= 11 is 0. The Kier molecular flexibility index (Phi) is 3.14. The summed E-state index contributed by atoms with van der Waals surface area (Å²) in [7, 11) is 0. The van der Waals surface area contributed by atoms with Crippen molar-refractivity contribution in [3.05, 3.63) is 23.4 Å². The Labute approximate surface area is 93.8 Å². The van der Waals surface area contributed by atoms with Gasteiger partial charge in [-0.15, -0.1) is 0 Å². The smallest absolute Gasteiger partial charge is 0.342 e. The van der Waals surface area contributed by atoms with Crippen LogP contribution >= 0.6 is 0 Å². The molecule has 84 valence electrons. The van der Waals surface area contributed by atoms with Crippen molar-refractivity contribution >= 4 is 11.8 Å². The zero-order chi connectivity index (χ0) is 12.3. The molecule has 1 aromatic heterocycles. The van der Waals surface area contributed by atoms with E-state index in [4.69, 9.17) is 15.7 Å². The van der Waals surface area contributed by atoms with Gasteiger partial charge in [0.05, 0.1) is 5.56 Å². The summed E-state index contributed by atoms with van der Waals surface area (Å²) in [5.41, 5.74) is 5.33. The van der Waals surface area contributed by atoms with Crippen molar-refractivity contribution < 1.29 is 9.53 Å². The highest BCUT2D eigenvalue weighted by atomic mass is 16.6. The van der Waals surface area contributed by atoms with E-state index >= 15 is 0 Å². The van der Waals surface area contributed by atoms with Gasteiger partial charge in [0, 0.05) is 6.20 Å². The molecule has 0 aromatic carbocycles. The number of carbonyl (C=O) groups is 1. The van der Waals surface area contributed by atoms with E-state index < -0.39 is 11.6 Å². The van der Waals surface area contributed by atoms with Gasteiger partial charge in [0.15, 0.2) is 0 Å². The molecule has 0 aliphatic carbocycles. The van der Waals surface area contributed by atoms with Gasteiger partial charge in [0.25, 0.3) is 0 Å². The third-order valence-electron chi connectivity index (χ3n) is 1.67. The summed E-state index contributed by atoms with van der Waals surface area (Å²) in [6.07, 6.45) is 1.31. The van der Waals surface area contributed by atoms with Gasteiger partial charge in [0.1, 0.15) is 23.1 Å². The molecule has 0 aliphatic rings. The van der Waals surface area contributed by atoms with Crippen LogP contribution in [0.25, 0.3) is 0 Å². The fraction of sp³-hybridized carbons (Fsp3) is 0.364. The second-order valence-electron chi connectivity index (χ2n) is 4.27. The van der Waals surface area contributed by atoms with E-state index in [0.717, 1.165) is 0 Å². The number of nitriles is 1. The number of esters is 1. The number of aromatic nitrogens is 1. The molecule has 0 atom stereocenters. The fourth-order valence-corrected chi connectivity index (χ4v) is 1.03. The molecule has 1 rings (SSSR count). The van der Waals surface area contributed by atoms with Gasteiger partial charge in [-0.3, -0.25) is 0 Å². The van der Waals surface area contributed by atoms with Crippen LogP contribution in [0.4, 0.5) is 5.82 Å². The minimum absolute atomic E-state index is 0.0632. The lowest BCUT2D eigenvalue weighted by molar-refractivity contribution is 0.00704. The number of hydrogen-bond donors (Lipinski definition) is 1. The second-order valence-corrected chi connectivity index (χ2v) is 4.27. The largest absolute Gasteiger partial charge is 0.456 e. The molecule has 0 spiro atoms. The zero-order valence-electron chi connectivity index (χ0n) is 9.44. The highest BCUT2D eigenvalue weighted by Gasteiger charge is 2.20. The molecular formula is C11H13N3O2. The molecule has 0 saturated heterocycles. The highest BCUT2D eigenvalue weighted by Crippen LogP contribution is 2.16. The van der Waals surface area contributed by atoms with E-state index in [1.54, 1.807) is 20.8 Å². The van der Waals surface area contributed by atoms with E-state index in [9.17, 15) is 4.79 Å². The van der Waals surface area contributed by atoms with Gasteiger partial charge in [-0.25, -0.2) is 9.78 Å². The van der Waals surface area contributed by atoms with Crippen molar-refractivity contribution in [2.75, 3.05) is 5.73 Å². The SMILES string of the molecule is CC(C)(C)OC(=O)c1cc(C#N)cnc1N. The number of pyridine rings is 1. The van der Waals surface area contributed by atoms with Gasteiger partial charge in [-0.1, -0.05) is 0 Å². The Morgan fingerprint density at radius 2 is 2.19 bits per heavy atom. The maximum atomic E-state index is 11.7. The highest BCUT2D eigenvalue weighted by molar-refractivity contribution is 5.94.